The van der Waals surface area contributed by atoms with E-state index in [0.29, 0.717) is 12.0 Å². The van der Waals surface area contributed by atoms with Crippen LogP contribution in [0.1, 0.15) is 62.6 Å². The van der Waals surface area contributed by atoms with Crippen LogP contribution in [0.2, 0.25) is 0 Å². The SMILES string of the molecule is CNC(CCC1CC1)c1ccc(C(C)C)cc1. The number of hydrogen-bond acceptors (Lipinski definition) is 1. The second kappa shape index (κ2) is 5.68. The van der Waals surface area contributed by atoms with Gasteiger partial charge in [0.1, 0.15) is 0 Å². The molecule has 1 atom stereocenters. The molecule has 1 aromatic rings. The van der Waals surface area contributed by atoms with Crippen LogP contribution in [0, 0.1) is 5.92 Å². The minimum absolute atomic E-state index is 0.539. The Morgan fingerprint density at radius 3 is 2.18 bits per heavy atom. The molecule has 1 N–H and O–H groups in total. The molecule has 94 valence electrons. The fourth-order valence-corrected chi connectivity index (χ4v) is 2.40. The molecule has 0 spiro atoms. The highest BCUT2D eigenvalue weighted by atomic mass is 14.9. The van der Waals surface area contributed by atoms with E-state index in [1.807, 2.05) is 0 Å². The predicted molar refractivity (Wildman–Crippen MR) is 74.3 cm³/mol. The molecule has 1 heteroatoms. The maximum absolute atomic E-state index is 3.45. The van der Waals surface area contributed by atoms with Crippen LogP contribution in [-0.2, 0) is 0 Å². The number of rotatable bonds is 6. The zero-order chi connectivity index (χ0) is 12.3. The van der Waals surface area contributed by atoms with Gasteiger partial charge in [-0.15, -0.1) is 0 Å². The highest BCUT2D eigenvalue weighted by Crippen LogP contribution is 2.35. The molecular weight excluding hydrogens is 206 g/mol. The predicted octanol–water partition coefficient (Wildman–Crippen LogP) is 4.26. The van der Waals surface area contributed by atoms with Gasteiger partial charge in [-0.05, 0) is 42.9 Å². The van der Waals surface area contributed by atoms with E-state index < -0.39 is 0 Å². The van der Waals surface area contributed by atoms with Gasteiger partial charge in [0.15, 0.2) is 0 Å². The van der Waals surface area contributed by atoms with Gasteiger partial charge in [0.05, 0.1) is 0 Å². The molecule has 0 aliphatic heterocycles. The van der Waals surface area contributed by atoms with Crippen LogP contribution in [0.3, 0.4) is 0 Å². The van der Waals surface area contributed by atoms with Crippen molar-refractivity contribution < 1.29 is 0 Å². The summed E-state index contributed by atoms with van der Waals surface area (Å²) in [4.78, 5) is 0. The minimum Gasteiger partial charge on any atom is -0.313 e. The van der Waals surface area contributed by atoms with Crippen molar-refractivity contribution in [2.24, 2.45) is 5.92 Å². The van der Waals surface area contributed by atoms with Crippen molar-refractivity contribution in [3.8, 4) is 0 Å². The smallest absolute Gasteiger partial charge is 0.0317 e. The van der Waals surface area contributed by atoms with Crippen molar-refractivity contribution in [1.29, 1.82) is 0 Å². The van der Waals surface area contributed by atoms with Gasteiger partial charge in [-0.2, -0.15) is 0 Å². The first kappa shape index (κ1) is 12.6. The van der Waals surface area contributed by atoms with Crippen molar-refractivity contribution in [3.05, 3.63) is 35.4 Å². The second-order valence-corrected chi connectivity index (χ2v) is 5.68. The Kier molecular flexibility index (Phi) is 4.22. The monoisotopic (exact) mass is 231 g/mol. The average Bonchev–Trinajstić information content (AvgIpc) is 3.14. The van der Waals surface area contributed by atoms with Crippen LogP contribution in [0.4, 0.5) is 0 Å². The zero-order valence-corrected chi connectivity index (χ0v) is 11.4. The summed E-state index contributed by atoms with van der Waals surface area (Å²) in [6, 6.07) is 9.69. The quantitative estimate of drug-likeness (QED) is 0.771. The minimum atomic E-state index is 0.539. The summed E-state index contributed by atoms with van der Waals surface area (Å²) >= 11 is 0. The van der Waals surface area contributed by atoms with Gasteiger partial charge < -0.3 is 5.32 Å². The summed E-state index contributed by atoms with van der Waals surface area (Å²) in [5.74, 6) is 1.66. The maximum atomic E-state index is 3.45. The summed E-state index contributed by atoms with van der Waals surface area (Å²) in [5.41, 5.74) is 2.88. The first-order chi connectivity index (χ1) is 8.20. The van der Waals surface area contributed by atoms with Gasteiger partial charge in [0, 0.05) is 6.04 Å². The summed E-state index contributed by atoms with van der Waals surface area (Å²) in [6.45, 7) is 4.50. The maximum Gasteiger partial charge on any atom is 0.0317 e. The van der Waals surface area contributed by atoms with Gasteiger partial charge >= 0.3 is 0 Å². The highest BCUT2D eigenvalue weighted by molar-refractivity contribution is 5.26. The third-order valence-electron chi connectivity index (χ3n) is 3.91. The normalized spacial score (nSPS) is 17.4. The molecule has 1 unspecified atom stereocenters. The Bertz CT molecular complexity index is 335. The first-order valence-electron chi connectivity index (χ1n) is 6.98. The van der Waals surface area contributed by atoms with Crippen molar-refractivity contribution in [3.63, 3.8) is 0 Å². The average molecular weight is 231 g/mol. The Morgan fingerprint density at radius 1 is 1.12 bits per heavy atom. The van der Waals surface area contributed by atoms with Crippen LogP contribution >= 0.6 is 0 Å². The lowest BCUT2D eigenvalue weighted by Crippen LogP contribution is -2.16. The highest BCUT2D eigenvalue weighted by Gasteiger charge is 2.22. The molecule has 0 bridgehead atoms. The van der Waals surface area contributed by atoms with Crippen molar-refractivity contribution in [2.45, 2.75) is 51.5 Å². The first-order valence-corrected chi connectivity index (χ1v) is 6.98. The molecule has 0 radical (unpaired) electrons. The van der Waals surface area contributed by atoms with Crippen LogP contribution in [-0.4, -0.2) is 7.05 Å². The molecule has 1 aromatic carbocycles. The number of benzene rings is 1. The number of nitrogens with one attached hydrogen (secondary N) is 1. The van der Waals surface area contributed by atoms with E-state index in [0.717, 1.165) is 5.92 Å². The van der Waals surface area contributed by atoms with Crippen LogP contribution in [0.15, 0.2) is 24.3 Å². The molecule has 1 aliphatic rings. The lowest BCUT2D eigenvalue weighted by Gasteiger charge is -2.17. The summed E-state index contributed by atoms with van der Waals surface area (Å²) < 4.78 is 0. The molecular formula is C16H25N. The molecule has 1 saturated carbocycles. The Hall–Kier alpha value is -0.820. The van der Waals surface area contributed by atoms with Gasteiger partial charge in [-0.3, -0.25) is 0 Å². The third-order valence-corrected chi connectivity index (χ3v) is 3.91. The molecule has 1 nitrogen and oxygen atoms in total. The summed E-state index contributed by atoms with van der Waals surface area (Å²) in [6.07, 6.45) is 5.59. The van der Waals surface area contributed by atoms with E-state index >= 15 is 0 Å². The molecule has 2 rings (SSSR count). The molecule has 0 amide bonds. The topological polar surface area (TPSA) is 12.0 Å². The molecule has 1 fully saturated rings. The van der Waals surface area contributed by atoms with E-state index in [1.54, 1.807) is 0 Å². The third kappa shape index (κ3) is 3.57. The van der Waals surface area contributed by atoms with Gasteiger partial charge in [-0.1, -0.05) is 51.0 Å². The van der Waals surface area contributed by atoms with Crippen molar-refractivity contribution in [2.75, 3.05) is 7.05 Å². The van der Waals surface area contributed by atoms with E-state index in [1.165, 1.54) is 36.8 Å². The van der Waals surface area contributed by atoms with E-state index in [4.69, 9.17) is 0 Å². The van der Waals surface area contributed by atoms with Crippen LogP contribution in [0.25, 0.3) is 0 Å². The van der Waals surface area contributed by atoms with E-state index in [2.05, 4.69) is 50.5 Å². The standard InChI is InChI=1S/C16H25N/c1-12(2)14-7-9-15(10-8-14)16(17-3)11-6-13-4-5-13/h7-10,12-13,16-17H,4-6,11H2,1-3H3. The fourth-order valence-electron chi connectivity index (χ4n) is 2.40. The van der Waals surface area contributed by atoms with Gasteiger partial charge in [-0.25, -0.2) is 0 Å². The second-order valence-electron chi connectivity index (χ2n) is 5.68. The van der Waals surface area contributed by atoms with Crippen LogP contribution in [0.5, 0.6) is 0 Å². The Morgan fingerprint density at radius 2 is 1.71 bits per heavy atom. The lowest BCUT2D eigenvalue weighted by atomic mass is 9.96. The Labute approximate surface area is 106 Å². The van der Waals surface area contributed by atoms with E-state index in [9.17, 15) is 0 Å². The fraction of sp³-hybridized carbons (Fsp3) is 0.625. The van der Waals surface area contributed by atoms with Gasteiger partial charge in [0.2, 0.25) is 0 Å². The Balaban J connectivity index is 1.96. The van der Waals surface area contributed by atoms with Crippen molar-refractivity contribution in [1.82, 2.24) is 5.32 Å². The molecule has 0 heterocycles. The largest absolute Gasteiger partial charge is 0.313 e. The van der Waals surface area contributed by atoms with E-state index in [-0.39, 0.29) is 0 Å². The lowest BCUT2D eigenvalue weighted by molar-refractivity contribution is 0.506. The zero-order valence-electron chi connectivity index (χ0n) is 11.4. The molecule has 0 aromatic heterocycles. The number of hydrogen-bond donors (Lipinski definition) is 1. The molecule has 0 saturated heterocycles. The molecule has 17 heavy (non-hydrogen) atoms. The summed E-state index contributed by atoms with van der Waals surface area (Å²) in [5, 5.41) is 3.45. The molecule has 1 aliphatic carbocycles. The van der Waals surface area contributed by atoms with Gasteiger partial charge in [0.25, 0.3) is 0 Å². The summed E-state index contributed by atoms with van der Waals surface area (Å²) in [7, 11) is 2.08. The van der Waals surface area contributed by atoms with Crippen molar-refractivity contribution >= 4 is 0 Å². The van der Waals surface area contributed by atoms with Crippen LogP contribution < -0.4 is 5.32 Å².